The van der Waals surface area contributed by atoms with Crippen LogP contribution in [0.4, 0.5) is 0 Å². The number of hydrogen-bond acceptors (Lipinski definition) is 2. The maximum Gasteiger partial charge on any atom is 0.306 e. The first-order valence-electron chi connectivity index (χ1n) is 6.76. The Morgan fingerprint density at radius 1 is 1.37 bits per heavy atom. The summed E-state index contributed by atoms with van der Waals surface area (Å²) in [6.07, 6.45) is 0.798. The van der Waals surface area contributed by atoms with Gasteiger partial charge in [-0.25, -0.2) is 0 Å². The molecule has 0 aromatic heterocycles. The van der Waals surface area contributed by atoms with E-state index in [4.69, 9.17) is 9.84 Å². The van der Waals surface area contributed by atoms with Gasteiger partial charge in [-0.15, -0.1) is 0 Å². The molecule has 1 N–H and O–H groups in total. The van der Waals surface area contributed by atoms with E-state index in [9.17, 15) is 4.79 Å². The first-order chi connectivity index (χ1) is 8.74. The number of carboxylic acid groups (broad SMARTS) is 1. The van der Waals surface area contributed by atoms with Crippen LogP contribution in [0.1, 0.15) is 52.5 Å². The predicted molar refractivity (Wildman–Crippen MR) is 76.7 cm³/mol. The molecule has 1 aromatic rings. The minimum Gasteiger partial charge on any atom is -0.488 e. The van der Waals surface area contributed by atoms with Crippen LogP contribution in [0.15, 0.2) is 24.3 Å². The fraction of sp³-hybridized carbons (Fsp3) is 0.562. The van der Waals surface area contributed by atoms with Crippen LogP contribution in [0.3, 0.4) is 0 Å². The Hall–Kier alpha value is -1.51. The van der Waals surface area contributed by atoms with Gasteiger partial charge in [0.15, 0.2) is 0 Å². The smallest absolute Gasteiger partial charge is 0.306 e. The summed E-state index contributed by atoms with van der Waals surface area (Å²) in [6.45, 7) is 9.76. The normalized spacial score (nSPS) is 14.8. The minimum atomic E-state index is -0.756. The molecule has 1 rings (SSSR count). The number of benzene rings is 1. The highest BCUT2D eigenvalue weighted by Gasteiger charge is 2.24. The average Bonchev–Trinajstić information content (AvgIpc) is 2.27. The van der Waals surface area contributed by atoms with Crippen molar-refractivity contribution in [3.63, 3.8) is 0 Å². The van der Waals surface area contributed by atoms with E-state index in [1.54, 1.807) is 6.92 Å². The SMILES string of the molecule is CC[C@@H](c1cccc(OC(C)(C)C)c1)[C@H](C)C(=O)O. The number of ether oxygens (including phenoxy) is 1. The van der Waals surface area contributed by atoms with E-state index < -0.39 is 11.9 Å². The Kier molecular flexibility index (Phi) is 4.98. The van der Waals surface area contributed by atoms with Crippen LogP contribution < -0.4 is 4.74 Å². The Labute approximate surface area is 115 Å². The summed E-state index contributed by atoms with van der Waals surface area (Å²) in [5.74, 6) is -0.342. The highest BCUT2D eigenvalue weighted by Crippen LogP contribution is 2.31. The molecule has 0 aliphatic heterocycles. The summed E-state index contributed by atoms with van der Waals surface area (Å²) in [5.41, 5.74) is 0.776. The molecule has 106 valence electrons. The molecule has 0 amide bonds. The van der Waals surface area contributed by atoms with Crippen molar-refractivity contribution in [2.75, 3.05) is 0 Å². The molecular formula is C16H24O3. The number of carboxylic acids is 1. The van der Waals surface area contributed by atoms with Crippen molar-refractivity contribution in [3.05, 3.63) is 29.8 Å². The highest BCUT2D eigenvalue weighted by atomic mass is 16.5. The molecule has 0 radical (unpaired) electrons. The third-order valence-corrected chi connectivity index (χ3v) is 3.14. The lowest BCUT2D eigenvalue weighted by molar-refractivity contribution is -0.141. The molecule has 0 aliphatic rings. The molecule has 0 saturated heterocycles. The molecule has 0 fully saturated rings. The van der Waals surface area contributed by atoms with Crippen molar-refractivity contribution in [1.29, 1.82) is 0 Å². The largest absolute Gasteiger partial charge is 0.488 e. The van der Waals surface area contributed by atoms with Crippen LogP contribution in [0, 0.1) is 5.92 Å². The number of carbonyl (C=O) groups is 1. The van der Waals surface area contributed by atoms with Gasteiger partial charge in [0.05, 0.1) is 5.92 Å². The maximum absolute atomic E-state index is 11.2. The Morgan fingerprint density at radius 2 is 2.00 bits per heavy atom. The molecule has 0 unspecified atom stereocenters. The van der Waals surface area contributed by atoms with Crippen molar-refractivity contribution < 1.29 is 14.6 Å². The number of hydrogen-bond donors (Lipinski definition) is 1. The zero-order valence-electron chi connectivity index (χ0n) is 12.4. The Balaban J connectivity index is 2.99. The number of aliphatic carboxylic acids is 1. The molecule has 0 bridgehead atoms. The van der Waals surface area contributed by atoms with Crippen LogP contribution in [0.25, 0.3) is 0 Å². The highest BCUT2D eigenvalue weighted by molar-refractivity contribution is 5.71. The third kappa shape index (κ3) is 4.58. The third-order valence-electron chi connectivity index (χ3n) is 3.14. The topological polar surface area (TPSA) is 46.5 Å². The molecule has 0 heterocycles. The second-order valence-electron chi connectivity index (χ2n) is 5.93. The summed E-state index contributed by atoms with van der Waals surface area (Å²) in [7, 11) is 0. The van der Waals surface area contributed by atoms with Crippen molar-refractivity contribution in [2.24, 2.45) is 5.92 Å². The molecule has 3 nitrogen and oxygen atoms in total. The summed E-state index contributed by atoms with van der Waals surface area (Å²) < 4.78 is 5.83. The predicted octanol–water partition coefficient (Wildman–Crippen LogP) is 4.08. The van der Waals surface area contributed by atoms with E-state index >= 15 is 0 Å². The van der Waals surface area contributed by atoms with Gasteiger partial charge in [0, 0.05) is 0 Å². The molecule has 1 aromatic carbocycles. The monoisotopic (exact) mass is 264 g/mol. The van der Waals surface area contributed by atoms with Gasteiger partial charge >= 0.3 is 5.97 Å². The second kappa shape index (κ2) is 6.09. The quantitative estimate of drug-likeness (QED) is 0.871. The molecule has 0 spiro atoms. The standard InChI is InChI=1S/C16H24O3/c1-6-14(11(2)15(17)18)12-8-7-9-13(10-12)19-16(3,4)5/h7-11,14H,6H2,1-5H3,(H,17,18)/t11-,14+/m0/s1. The Morgan fingerprint density at radius 3 is 2.47 bits per heavy atom. The van der Waals surface area contributed by atoms with Gasteiger partial charge in [-0.05, 0) is 50.8 Å². The van der Waals surface area contributed by atoms with E-state index in [2.05, 4.69) is 0 Å². The lowest BCUT2D eigenvalue weighted by Crippen LogP contribution is -2.23. The van der Waals surface area contributed by atoms with Gasteiger partial charge in [-0.1, -0.05) is 26.0 Å². The van der Waals surface area contributed by atoms with Crippen molar-refractivity contribution in [3.8, 4) is 5.75 Å². The molecule has 19 heavy (non-hydrogen) atoms. The lowest BCUT2D eigenvalue weighted by atomic mass is 9.85. The zero-order valence-corrected chi connectivity index (χ0v) is 12.4. The molecule has 2 atom stereocenters. The van der Waals surface area contributed by atoms with Gasteiger partial charge in [-0.2, -0.15) is 0 Å². The summed E-state index contributed by atoms with van der Waals surface area (Å²) in [4.78, 5) is 11.2. The van der Waals surface area contributed by atoms with E-state index in [0.29, 0.717) is 0 Å². The molecule has 3 heteroatoms. The molecule has 0 aliphatic carbocycles. The molecule has 0 saturated carbocycles. The maximum atomic E-state index is 11.2. The summed E-state index contributed by atoms with van der Waals surface area (Å²) in [5, 5.41) is 9.17. The van der Waals surface area contributed by atoms with Gasteiger partial charge in [0.2, 0.25) is 0 Å². The lowest BCUT2D eigenvalue weighted by Gasteiger charge is -2.24. The first-order valence-corrected chi connectivity index (χ1v) is 6.76. The zero-order chi connectivity index (χ0) is 14.6. The van der Waals surface area contributed by atoms with Crippen LogP contribution >= 0.6 is 0 Å². The van der Waals surface area contributed by atoms with E-state index in [1.807, 2.05) is 52.0 Å². The van der Waals surface area contributed by atoms with Gasteiger partial charge in [-0.3, -0.25) is 4.79 Å². The first kappa shape index (κ1) is 15.5. The fourth-order valence-corrected chi connectivity index (χ4v) is 2.21. The minimum absolute atomic E-state index is 0.0148. The Bertz CT molecular complexity index is 432. The summed E-state index contributed by atoms with van der Waals surface area (Å²) in [6, 6.07) is 7.77. The van der Waals surface area contributed by atoms with Crippen molar-refractivity contribution in [1.82, 2.24) is 0 Å². The average molecular weight is 264 g/mol. The summed E-state index contributed by atoms with van der Waals surface area (Å²) >= 11 is 0. The van der Waals surface area contributed by atoms with E-state index in [0.717, 1.165) is 17.7 Å². The van der Waals surface area contributed by atoms with Crippen LogP contribution in [0.2, 0.25) is 0 Å². The van der Waals surface area contributed by atoms with Crippen molar-refractivity contribution >= 4 is 5.97 Å². The second-order valence-corrected chi connectivity index (χ2v) is 5.93. The van der Waals surface area contributed by atoms with Gasteiger partial charge in [0.1, 0.15) is 11.4 Å². The van der Waals surface area contributed by atoms with E-state index in [1.165, 1.54) is 0 Å². The van der Waals surface area contributed by atoms with Gasteiger partial charge < -0.3 is 9.84 Å². The van der Waals surface area contributed by atoms with Crippen molar-refractivity contribution in [2.45, 2.75) is 52.6 Å². The number of rotatable bonds is 5. The van der Waals surface area contributed by atoms with Crippen LogP contribution in [-0.4, -0.2) is 16.7 Å². The van der Waals surface area contributed by atoms with E-state index in [-0.39, 0.29) is 11.5 Å². The fourth-order valence-electron chi connectivity index (χ4n) is 2.21. The van der Waals surface area contributed by atoms with Crippen LogP contribution in [0.5, 0.6) is 5.75 Å². The van der Waals surface area contributed by atoms with Crippen LogP contribution in [-0.2, 0) is 4.79 Å². The van der Waals surface area contributed by atoms with Gasteiger partial charge in [0.25, 0.3) is 0 Å². The molecular weight excluding hydrogens is 240 g/mol.